The molecule has 0 saturated carbocycles. The molecule has 36 heavy (non-hydrogen) atoms. The van der Waals surface area contributed by atoms with Gasteiger partial charge < -0.3 is 8.83 Å². The van der Waals surface area contributed by atoms with Crippen LogP contribution in [0.4, 0.5) is 0 Å². The van der Waals surface area contributed by atoms with E-state index in [4.69, 9.17) is 8.83 Å². The largest absolute Gasteiger partial charge is 0.464 e. The van der Waals surface area contributed by atoms with Crippen LogP contribution >= 0.6 is 31.9 Å². The number of Topliss-reactive ketones (excluding diaryl/α,β-unsaturated/α-hetero) is 2. The molecule has 3 rings (SSSR count). The Morgan fingerprint density at radius 1 is 0.528 bits per heavy atom. The molecule has 4 bridgehead atoms. The summed E-state index contributed by atoms with van der Waals surface area (Å²) in [5, 5.41) is 0. The van der Waals surface area contributed by atoms with Crippen LogP contribution in [0.15, 0.2) is 45.3 Å². The molecule has 0 spiro atoms. The number of hydrogen-bond donors (Lipinski definition) is 0. The Balaban J connectivity index is 2.19. The molecule has 0 fully saturated rings. The Kier molecular flexibility index (Phi) is 7.41. The number of ketones is 4. The van der Waals surface area contributed by atoms with Crippen molar-refractivity contribution in [1.82, 2.24) is 0 Å². The summed E-state index contributed by atoms with van der Waals surface area (Å²) < 4.78 is 12.1. The molecule has 0 saturated heterocycles. The molecule has 1 aliphatic rings. The first-order valence-electron chi connectivity index (χ1n) is 11.7. The Labute approximate surface area is 228 Å². The molecule has 2 aromatic heterocycles. The topological polar surface area (TPSA) is 94.6 Å². The van der Waals surface area contributed by atoms with E-state index in [1.165, 1.54) is 12.2 Å². The van der Waals surface area contributed by atoms with Crippen LogP contribution in [0.2, 0.25) is 0 Å². The molecule has 3 heterocycles. The predicted octanol–water partition coefficient (Wildman–Crippen LogP) is 6.06. The summed E-state index contributed by atoms with van der Waals surface area (Å²) in [6.07, 6.45) is 2.51. The van der Waals surface area contributed by atoms with E-state index in [1.807, 2.05) is 0 Å². The first-order chi connectivity index (χ1) is 16.4. The van der Waals surface area contributed by atoms with Crippen LogP contribution < -0.4 is 0 Å². The summed E-state index contributed by atoms with van der Waals surface area (Å²) >= 11 is 6.89. The number of alkyl halides is 2. The third kappa shape index (κ3) is 4.67. The zero-order chi connectivity index (χ0) is 27.4. The zero-order valence-corrected chi connectivity index (χ0v) is 25.0. The monoisotopic (exact) mass is 622 g/mol. The van der Waals surface area contributed by atoms with Gasteiger partial charge in [0, 0.05) is 0 Å². The molecule has 2 aromatic rings. The Bertz CT molecular complexity index is 1160. The van der Waals surface area contributed by atoms with Crippen molar-refractivity contribution in [2.24, 2.45) is 0 Å². The highest BCUT2D eigenvalue weighted by Crippen LogP contribution is 2.39. The van der Waals surface area contributed by atoms with Gasteiger partial charge in [0.1, 0.15) is 23.0 Å². The fourth-order valence-electron chi connectivity index (χ4n) is 4.03. The molecule has 0 aromatic carbocycles. The second kappa shape index (κ2) is 9.35. The molecule has 1 aliphatic heterocycles. The lowest BCUT2D eigenvalue weighted by atomic mass is 9.79. The normalized spacial score (nSPS) is 26.8. The van der Waals surface area contributed by atoms with Crippen LogP contribution in [0.5, 0.6) is 0 Å². The fraction of sp³-hybridized carbons (Fsp3) is 0.500. The number of furan rings is 2. The van der Waals surface area contributed by atoms with Crippen molar-refractivity contribution in [2.45, 2.75) is 86.7 Å². The maximum atomic E-state index is 13.6. The number of halogens is 2. The Morgan fingerprint density at radius 2 is 0.778 bits per heavy atom. The minimum absolute atomic E-state index is 0.258. The maximum absolute atomic E-state index is 13.6. The summed E-state index contributed by atoms with van der Waals surface area (Å²) in [5.41, 5.74) is -4.34. The van der Waals surface area contributed by atoms with Gasteiger partial charge in [-0.05, 0) is 91.8 Å². The highest BCUT2D eigenvalue weighted by molar-refractivity contribution is 9.12. The van der Waals surface area contributed by atoms with Gasteiger partial charge in [0.05, 0.1) is 31.3 Å². The number of carbonyl (C=O) groups excluding carboxylic acids is 4. The molecular formula is C28H32Br2O6. The summed E-state index contributed by atoms with van der Waals surface area (Å²) in [4.78, 5) is 51.7. The summed E-state index contributed by atoms with van der Waals surface area (Å²) in [6.45, 7) is 13.7. The van der Waals surface area contributed by atoms with Crippen molar-refractivity contribution < 1.29 is 28.0 Å². The van der Waals surface area contributed by atoms with E-state index in [9.17, 15) is 19.2 Å². The van der Waals surface area contributed by atoms with Crippen molar-refractivity contribution in [3.8, 4) is 0 Å². The molecule has 194 valence electrons. The summed E-state index contributed by atoms with van der Waals surface area (Å²) in [7, 11) is 0. The van der Waals surface area contributed by atoms with Crippen LogP contribution in [0.1, 0.15) is 78.4 Å². The van der Waals surface area contributed by atoms with E-state index in [-0.39, 0.29) is 23.1 Å². The Hall–Kier alpha value is -2.06. The zero-order valence-electron chi connectivity index (χ0n) is 21.8. The van der Waals surface area contributed by atoms with Gasteiger partial charge in [0.25, 0.3) is 0 Å². The molecular weight excluding hydrogens is 592 g/mol. The third-order valence-corrected chi connectivity index (χ3v) is 9.88. The van der Waals surface area contributed by atoms with Crippen LogP contribution in [0.25, 0.3) is 0 Å². The Morgan fingerprint density at radius 3 is 1.06 bits per heavy atom. The van der Waals surface area contributed by atoms with Gasteiger partial charge in [-0.3, -0.25) is 19.2 Å². The highest BCUT2D eigenvalue weighted by atomic mass is 79.9. The van der Waals surface area contributed by atoms with Crippen molar-refractivity contribution in [3.05, 3.63) is 59.5 Å². The molecule has 0 amide bonds. The lowest BCUT2D eigenvalue weighted by molar-refractivity contribution is -0.128. The van der Waals surface area contributed by atoms with E-state index in [0.717, 1.165) is 0 Å². The number of fused-ring (bicyclic) bond motifs is 4. The number of rotatable bonds is 0. The smallest absolute Gasteiger partial charge is 0.168 e. The van der Waals surface area contributed by atoms with Gasteiger partial charge in [-0.25, -0.2) is 0 Å². The summed E-state index contributed by atoms with van der Waals surface area (Å²) in [5.74, 6) is 0.338. The second-order valence-electron chi connectivity index (χ2n) is 11.4. The van der Waals surface area contributed by atoms with Crippen molar-refractivity contribution in [3.63, 3.8) is 0 Å². The molecule has 0 N–H and O–H groups in total. The van der Waals surface area contributed by atoms with Crippen LogP contribution in [0, 0.1) is 0 Å². The lowest BCUT2D eigenvalue weighted by Gasteiger charge is -2.30. The molecule has 8 heteroatoms. The number of hydrogen-bond acceptors (Lipinski definition) is 6. The van der Waals surface area contributed by atoms with E-state index < -0.39 is 31.3 Å². The molecule has 6 nitrogen and oxygen atoms in total. The number of allylic oxidation sites excluding steroid dienone is 2. The van der Waals surface area contributed by atoms with Gasteiger partial charge in [-0.2, -0.15) is 0 Å². The van der Waals surface area contributed by atoms with E-state index >= 15 is 0 Å². The third-order valence-electron chi connectivity index (χ3n) is 7.28. The fourth-order valence-corrected chi connectivity index (χ4v) is 5.65. The van der Waals surface area contributed by atoms with E-state index in [0.29, 0.717) is 23.0 Å². The minimum Gasteiger partial charge on any atom is -0.464 e. The standard InChI is InChI=1S/C28H32Br2O6/c1-25(2)15(31)9-10-16(32)26(3,4)18-12-14-20(36-18)28(7,8)24(34)22(30)21(29)23(33)27(5,6)19-13-11-17(25)35-19/h9-14,21-22H,1-8H3/b10-9+. The van der Waals surface area contributed by atoms with Crippen LogP contribution in [-0.2, 0) is 40.8 Å². The second-order valence-corrected chi connectivity index (χ2v) is 13.4. The van der Waals surface area contributed by atoms with Crippen LogP contribution in [0.3, 0.4) is 0 Å². The SMILES string of the molecule is CC1(C)C(=O)/C=C/C(=O)C(C)(C)c2ccc(o2)C(C)(C)C(=O)C(Br)C(Br)C(=O)C(C)(C)c2ccc1o2. The highest BCUT2D eigenvalue weighted by Gasteiger charge is 2.47. The van der Waals surface area contributed by atoms with Crippen molar-refractivity contribution in [1.29, 1.82) is 0 Å². The van der Waals surface area contributed by atoms with Gasteiger partial charge >= 0.3 is 0 Å². The predicted molar refractivity (Wildman–Crippen MR) is 144 cm³/mol. The van der Waals surface area contributed by atoms with Gasteiger partial charge in [0.15, 0.2) is 23.1 Å². The molecule has 2 unspecified atom stereocenters. The average molecular weight is 624 g/mol. The summed E-state index contributed by atoms with van der Waals surface area (Å²) in [6, 6.07) is 6.69. The lowest BCUT2D eigenvalue weighted by Crippen LogP contribution is -2.46. The average Bonchev–Trinajstić information content (AvgIpc) is 3.51. The first-order valence-corrected chi connectivity index (χ1v) is 13.5. The van der Waals surface area contributed by atoms with E-state index in [1.54, 1.807) is 79.7 Å². The number of carbonyl (C=O) groups is 4. The molecule has 0 radical (unpaired) electrons. The first kappa shape index (κ1) is 28.5. The van der Waals surface area contributed by atoms with Gasteiger partial charge in [0.2, 0.25) is 0 Å². The maximum Gasteiger partial charge on any atom is 0.168 e. The van der Waals surface area contributed by atoms with Crippen molar-refractivity contribution >= 4 is 55.0 Å². The van der Waals surface area contributed by atoms with Crippen LogP contribution in [-0.4, -0.2) is 32.8 Å². The van der Waals surface area contributed by atoms with Crippen molar-refractivity contribution in [2.75, 3.05) is 0 Å². The van der Waals surface area contributed by atoms with E-state index in [2.05, 4.69) is 31.9 Å². The van der Waals surface area contributed by atoms with Gasteiger partial charge in [-0.15, -0.1) is 0 Å². The molecule has 0 aliphatic carbocycles. The molecule has 2 atom stereocenters. The quantitative estimate of drug-likeness (QED) is 0.331. The minimum atomic E-state index is -1.10. The van der Waals surface area contributed by atoms with Gasteiger partial charge in [-0.1, -0.05) is 31.9 Å².